The molecule has 0 radical (unpaired) electrons. The van der Waals surface area contributed by atoms with Crippen LogP contribution in [-0.2, 0) is 21.2 Å². The minimum Gasteiger partial charge on any atom is -0.354 e. The van der Waals surface area contributed by atoms with Crippen molar-refractivity contribution in [2.75, 3.05) is 17.4 Å². The van der Waals surface area contributed by atoms with Crippen LogP contribution in [-0.4, -0.2) is 27.4 Å². The molecule has 29 heavy (non-hydrogen) atoms. The number of benzene rings is 3. The van der Waals surface area contributed by atoms with Crippen LogP contribution in [0, 0.1) is 0 Å². The molecule has 1 aliphatic rings. The van der Waals surface area contributed by atoms with Crippen LogP contribution in [0.25, 0.3) is 11.1 Å². The molecule has 0 fully saturated rings. The Labute approximate surface area is 175 Å². The number of hydrogen-bond donors (Lipinski definition) is 1. The van der Waals surface area contributed by atoms with Crippen LogP contribution in [0.3, 0.4) is 0 Å². The predicted molar refractivity (Wildman–Crippen MR) is 115 cm³/mol. The first kappa shape index (κ1) is 19.5. The Morgan fingerprint density at radius 2 is 1.66 bits per heavy atom. The molecule has 0 aliphatic carbocycles. The first-order valence-corrected chi connectivity index (χ1v) is 11.0. The summed E-state index contributed by atoms with van der Waals surface area (Å²) in [5.74, 6) is -0.357. The lowest BCUT2D eigenvalue weighted by Crippen LogP contribution is -2.43. The summed E-state index contributed by atoms with van der Waals surface area (Å²) in [5.41, 5.74) is 2.84. The second kappa shape index (κ2) is 7.89. The predicted octanol–water partition coefficient (Wildman–Crippen LogP) is 3.87. The van der Waals surface area contributed by atoms with Crippen LogP contribution in [0.5, 0.6) is 0 Å². The molecule has 0 saturated heterocycles. The van der Waals surface area contributed by atoms with E-state index < -0.39 is 10.0 Å². The monoisotopic (exact) mass is 426 g/mol. The smallest absolute Gasteiger partial charge is 0.265 e. The molecule has 7 heteroatoms. The number of nitrogens with zero attached hydrogens (tertiary/aromatic N) is 1. The van der Waals surface area contributed by atoms with Crippen LogP contribution >= 0.6 is 11.6 Å². The molecule has 0 aromatic heterocycles. The van der Waals surface area contributed by atoms with Crippen molar-refractivity contribution in [3.63, 3.8) is 0 Å². The number of amides is 1. The molecule has 148 valence electrons. The Morgan fingerprint density at radius 1 is 0.931 bits per heavy atom. The van der Waals surface area contributed by atoms with Crippen molar-refractivity contribution in [2.45, 2.75) is 11.3 Å². The van der Waals surface area contributed by atoms with Crippen molar-refractivity contribution >= 4 is 33.2 Å². The number of carbonyl (C=O) groups excluding carboxylic acids is 1. The average molecular weight is 427 g/mol. The largest absolute Gasteiger partial charge is 0.354 e. The van der Waals surface area contributed by atoms with E-state index in [-0.39, 0.29) is 17.3 Å². The maximum Gasteiger partial charge on any atom is 0.265 e. The summed E-state index contributed by atoms with van der Waals surface area (Å²) in [6, 6.07) is 21.5. The van der Waals surface area contributed by atoms with Crippen LogP contribution < -0.4 is 9.62 Å². The van der Waals surface area contributed by atoms with Gasteiger partial charge in [0, 0.05) is 22.7 Å². The van der Waals surface area contributed by atoms with Crippen molar-refractivity contribution < 1.29 is 13.2 Å². The highest BCUT2D eigenvalue weighted by molar-refractivity contribution is 7.93. The molecule has 0 unspecified atom stereocenters. The number of halogens is 1. The van der Waals surface area contributed by atoms with E-state index in [0.29, 0.717) is 34.8 Å². The molecular formula is C22H19ClN2O3S. The topological polar surface area (TPSA) is 66.5 Å². The molecule has 5 nitrogen and oxygen atoms in total. The number of hydrogen-bond acceptors (Lipinski definition) is 3. The fourth-order valence-corrected chi connectivity index (χ4v) is 5.27. The van der Waals surface area contributed by atoms with Crippen molar-refractivity contribution in [1.29, 1.82) is 0 Å². The fourth-order valence-electron chi connectivity index (χ4n) is 3.45. The summed E-state index contributed by atoms with van der Waals surface area (Å²) >= 11 is 6.15. The summed E-state index contributed by atoms with van der Waals surface area (Å²) < 4.78 is 27.5. The van der Waals surface area contributed by atoms with Crippen molar-refractivity contribution in [3.05, 3.63) is 83.4 Å². The zero-order chi connectivity index (χ0) is 20.4. The second-order valence-corrected chi connectivity index (χ2v) is 9.02. The molecule has 1 amide bonds. The van der Waals surface area contributed by atoms with Gasteiger partial charge < -0.3 is 5.32 Å². The van der Waals surface area contributed by atoms with Gasteiger partial charge in [-0.1, -0.05) is 60.1 Å². The molecule has 0 saturated carbocycles. The van der Waals surface area contributed by atoms with E-state index >= 15 is 0 Å². The van der Waals surface area contributed by atoms with Gasteiger partial charge in [0.05, 0.1) is 10.6 Å². The number of sulfonamides is 1. The van der Waals surface area contributed by atoms with Crippen molar-refractivity contribution in [3.8, 4) is 11.1 Å². The SMILES string of the molecule is O=C(CN1c2ccc(Cl)cc2-c2ccccc2S1(=O)=O)NCCc1ccccc1. The van der Waals surface area contributed by atoms with Crippen LogP contribution in [0.1, 0.15) is 5.56 Å². The number of fused-ring (bicyclic) bond motifs is 3. The Hall–Kier alpha value is -2.83. The van der Waals surface area contributed by atoms with Gasteiger partial charge in [-0.25, -0.2) is 8.42 Å². The number of rotatable bonds is 5. The molecule has 3 aromatic rings. The third-order valence-corrected chi connectivity index (χ3v) is 6.89. The highest BCUT2D eigenvalue weighted by Crippen LogP contribution is 2.43. The minimum absolute atomic E-state index is 0.173. The van der Waals surface area contributed by atoms with E-state index in [0.717, 1.165) is 9.87 Å². The van der Waals surface area contributed by atoms with Crippen LogP contribution in [0.4, 0.5) is 5.69 Å². The zero-order valence-electron chi connectivity index (χ0n) is 15.5. The Balaban J connectivity index is 1.58. The van der Waals surface area contributed by atoms with Crippen molar-refractivity contribution in [2.24, 2.45) is 0 Å². The van der Waals surface area contributed by atoms with Gasteiger partial charge in [0.15, 0.2) is 0 Å². The van der Waals surface area contributed by atoms with Gasteiger partial charge in [-0.15, -0.1) is 0 Å². The van der Waals surface area contributed by atoms with Crippen LogP contribution in [0.15, 0.2) is 77.7 Å². The third kappa shape index (κ3) is 3.86. The molecular weight excluding hydrogens is 408 g/mol. The molecule has 0 atom stereocenters. The summed E-state index contributed by atoms with van der Waals surface area (Å²) in [5, 5.41) is 3.32. The van der Waals surface area contributed by atoms with Gasteiger partial charge >= 0.3 is 0 Å². The second-order valence-electron chi connectivity index (χ2n) is 6.75. The van der Waals surface area contributed by atoms with E-state index in [4.69, 9.17) is 11.6 Å². The number of anilines is 1. The molecule has 3 aromatic carbocycles. The number of nitrogens with one attached hydrogen (secondary N) is 1. The van der Waals surface area contributed by atoms with E-state index in [9.17, 15) is 13.2 Å². The van der Waals surface area contributed by atoms with E-state index in [2.05, 4.69) is 5.32 Å². The quantitative estimate of drug-likeness (QED) is 0.673. The maximum absolute atomic E-state index is 13.2. The average Bonchev–Trinajstić information content (AvgIpc) is 2.72. The van der Waals surface area contributed by atoms with Gasteiger partial charge in [-0.2, -0.15) is 0 Å². The lowest BCUT2D eigenvalue weighted by Gasteiger charge is -2.31. The van der Waals surface area contributed by atoms with E-state index in [1.807, 2.05) is 30.3 Å². The Morgan fingerprint density at radius 3 is 2.45 bits per heavy atom. The number of carbonyl (C=O) groups is 1. The summed E-state index contributed by atoms with van der Waals surface area (Å²) in [6.45, 7) is 0.140. The molecule has 4 rings (SSSR count). The molecule has 0 spiro atoms. The summed E-state index contributed by atoms with van der Waals surface area (Å²) in [4.78, 5) is 12.7. The lowest BCUT2D eigenvalue weighted by molar-refractivity contribution is -0.119. The fraction of sp³-hybridized carbons (Fsp3) is 0.136. The standard InChI is InChI=1S/C22H19ClN2O3S/c23-17-10-11-20-19(14-17)18-8-4-5-9-21(18)29(27,28)25(20)15-22(26)24-13-12-16-6-2-1-3-7-16/h1-11,14H,12-13,15H2,(H,24,26). The highest BCUT2D eigenvalue weighted by Gasteiger charge is 2.35. The van der Waals surface area contributed by atoms with Gasteiger partial charge in [-0.3, -0.25) is 9.10 Å². The molecule has 1 heterocycles. The van der Waals surface area contributed by atoms with Crippen LogP contribution in [0.2, 0.25) is 5.02 Å². The zero-order valence-corrected chi connectivity index (χ0v) is 17.1. The molecule has 0 bridgehead atoms. The van der Waals surface area contributed by atoms with Gasteiger partial charge in [0.1, 0.15) is 6.54 Å². The third-order valence-electron chi connectivity index (χ3n) is 4.84. The first-order chi connectivity index (χ1) is 14.0. The normalized spacial score (nSPS) is 14.0. The minimum atomic E-state index is -3.85. The van der Waals surface area contributed by atoms with Gasteiger partial charge in [-0.05, 0) is 36.2 Å². The highest BCUT2D eigenvalue weighted by atomic mass is 35.5. The Kier molecular flexibility index (Phi) is 5.30. The first-order valence-electron chi connectivity index (χ1n) is 9.19. The Bertz CT molecular complexity index is 1160. The molecule has 1 aliphatic heterocycles. The lowest BCUT2D eigenvalue weighted by atomic mass is 10.0. The van der Waals surface area contributed by atoms with Gasteiger partial charge in [0.2, 0.25) is 5.91 Å². The molecule has 1 N–H and O–H groups in total. The van der Waals surface area contributed by atoms with E-state index in [1.54, 1.807) is 42.5 Å². The maximum atomic E-state index is 13.2. The van der Waals surface area contributed by atoms with E-state index in [1.165, 1.54) is 0 Å². The van der Waals surface area contributed by atoms with Crippen molar-refractivity contribution in [1.82, 2.24) is 5.32 Å². The summed E-state index contributed by atoms with van der Waals surface area (Å²) in [7, 11) is -3.85. The van der Waals surface area contributed by atoms with Gasteiger partial charge in [0.25, 0.3) is 10.0 Å². The summed E-state index contributed by atoms with van der Waals surface area (Å²) in [6.07, 6.45) is 0.675.